The summed E-state index contributed by atoms with van der Waals surface area (Å²) in [4.78, 5) is 0. The van der Waals surface area contributed by atoms with Crippen LogP contribution in [0.25, 0.3) is 16.8 Å². The van der Waals surface area contributed by atoms with Crippen molar-refractivity contribution in [2.75, 3.05) is 5.88 Å². The lowest BCUT2D eigenvalue weighted by Crippen LogP contribution is -1.79. The summed E-state index contributed by atoms with van der Waals surface area (Å²) in [5, 5.41) is 11.9. The van der Waals surface area contributed by atoms with Gasteiger partial charge in [-0.2, -0.15) is 0 Å². The van der Waals surface area contributed by atoms with Gasteiger partial charge in [-0.05, 0) is 16.8 Å². The minimum Gasteiger partial charge on any atom is -0.507 e. The maximum absolute atomic E-state index is 9.74. The van der Waals surface area contributed by atoms with Crippen molar-refractivity contribution in [1.82, 2.24) is 0 Å². The Hall–Kier alpha value is -1.47. The first-order valence-corrected chi connectivity index (χ1v) is 5.29. The molecule has 0 fully saturated rings. The third kappa shape index (κ3) is 1.97. The summed E-state index contributed by atoms with van der Waals surface area (Å²) in [6.45, 7) is 0. The fourth-order valence-corrected chi connectivity index (χ4v) is 1.71. The largest absolute Gasteiger partial charge is 0.507 e. The molecule has 2 rings (SSSR count). The molecule has 0 atom stereocenters. The van der Waals surface area contributed by atoms with Gasteiger partial charge in [0.2, 0.25) is 0 Å². The van der Waals surface area contributed by atoms with Gasteiger partial charge in [0.15, 0.2) is 0 Å². The Balaban J connectivity index is 2.68. The molecule has 2 aromatic carbocycles. The van der Waals surface area contributed by atoms with Gasteiger partial charge in [-0.25, -0.2) is 0 Å². The van der Waals surface area contributed by atoms with Gasteiger partial charge in [-0.3, -0.25) is 0 Å². The van der Waals surface area contributed by atoms with Gasteiger partial charge in [-0.15, -0.1) is 11.6 Å². The summed E-state index contributed by atoms with van der Waals surface area (Å²) in [6.07, 6.45) is 3.67. The number of fused-ring (bicyclic) bond motifs is 1. The Morgan fingerprint density at radius 2 is 1.93 bits per heavy atom. The van der Waals surface area contributed by atoms with Crippen LogP contribution in [-0.4, -0.2) is 11.0 Å². The van der Waals surface area contributed by atoms with Crippen LogP contribution in [0.5, 0.6) is 5.75 Å². The topological polar surface area (TPSA) is 20.2 Å². The standard InChI is InChI=1S/C13H11ClO/c14-9-3-6-12-11-5-2-1-4-10(11)7-8-13(12)15/h1-8,15H,9H2. The molecule has 0 heterocycles. The summed E-state index contributed by atoms with van der Waals surface area (Å²) >= 11 is 5.59. The maximum Gasteiger partial charge on any atom is 0.123 e. The predicted molar refractivity (Wildman–Crippen MR) is 65.4 cm³/mol. The molecule has 15 heavy (non-hydrogen) atoms. The lowest BCUT2D eigenvalue weighted by molar-refractivity contribution is 0.475. The Labute approximate surface area is 93.6 Å². The molecule has 0 spiro atoms. The van der Waals surface area contributed by atoms with Crippen LogP contribution >= 0.6 is 11.6 Å². The predicted octanol–water partition coefficient (Wildman–Crippen LogP) is 3.80. The number of allylic oxidation sites excluding steroid dienone is 1. The van der Waals surface area contributed by atoms with E-state index in [0.29, 0.717) is 5.88 Å². The van der Waals surface area contributed by atoms with Crippen LogP contribution in [0.1, 0.15) is 5.56 Å². The second-order valence-corrected chi connectivity index (χ2v) is 3.58. The van der Waals surface area contributed by atoms with Crippen molar-refractivity contribution in [3.63, 3.8) is 0 Å². The van der Waals surface area contributed by atoms with Gasteiger partial charge >= 0.3 is 0 Å². The molecule has 1 N–H and O–H groups in total. The first-order chi connectivity index (χ1) is 7.33. The summed E-state index contributed by atoms with van der Waals surface area (Å²) < 4.78 is 0. The van der Waals surface area contributed by atoms with E-state index in [2.05, 4.69) is 0 Å². The van der Waals surface area contributed by atoms with Crippen molar-refractivity contribution in [1.29, 1.82) is 0 Å². The third-order valence-electron chi connectivity index (χ3n) is 2.32. The molecule has 1 nitrogen and oxygen atoms in total. The molecule has 0 unspecified atom stereocenters. The summed E-state index contributed by atoms with van der Waals surface area (Å²) in [7, 11) is 0. The van der Waals surface area contributed by atoms with Crippen molar-refractivity contribution < 1.29 is 5.11 Å². The minimum atomic E-state index is 0.287. The number of alkyl halides is 1. The molecule has 0 radical (unpaired) electrons. The zero-order valence-corrected chi connectivity index (χ0v) is 8.91. The normalized spacial score (nSPS) is 11.3. The van der Waals surface area contributed by atoms with E-state index in [4.69, 9.17) is 11.6 Å². The number of rotatable bonds is 2. The molecular weight excluding hydrogens is 208 g/mol. The first kappa shape index (κ1) is 10.1. The number of hydrogen-bond acceptors (Lipinski definition) is 1. The number of halogens is 1. The van der Waals surface area contributed by atoms with Crippen LogP contribution in [0.2, 0.25) is 0 Å². The molecule has 0 aliphatic heterocycles. The van der Waals surface area contributed by atoms with Gasteiger partial charge in [0.05, 0.1) is 0 Å². The molecule has 0 amide bonds. The van der Waals surface area contributed by atoms with Gasteiger partial charge in [0.25, 0.3) is 0 Å². The van der Waals surface area contributed by atoms with E-state index in [1.54, 1.807) is 6.07 Å². The monoisotopic (exact) mass is 218 g/mol. The first-order valence-electron chi connectivity index (χ1n) is 4.76. The number of aromatic hydroxyl groups is 1. The second kappa shape index (κ2) is 4.37. The number of benzene rings is 2. The SMILES string of the molecule is Oc1ccc2ccccc2c1C=CCCl. The summed E-state index contributed by atoms with van der Waals surface area (Å²) in [5.74, 6) is 0.734. The molecule has 0 saturated heterocycles. The zero-order chi connectivity index (χ0) is 10.7. The zero-order valence-electron chi connectivity index (χ0n) is 8.15. The fourth-order valence-electron chi connectivity index (χ4n) is 1.62. The molecule has 0 saturated carbocycles. The summed E-state index contributed by atoms with van der Waals surface area (Å²) in [5.41, 5.74) is 0.828. The fraction of sp³-hybridized carbons (Fsp3) is 0.0769. The minimum absolute atomic E-state index is 0.287. The van der Waals surface area contributed by atoms with Gasteiger partial charge in [-0.1, -0.05) is 42.5 Å². The second-order valence-electron chi connectivity index (χ2n) is 3.28. The highest BCUT2D eigenvalue weighted by molar-refractivity contribution is 6.19. The lowest BCUT2D eigenvalue weighted by atomic mass is 10.0. The van der Waals surface area contributed by atoms with Gasteiger partial charge < -0.3 is 5.11 Å². The number of hydrogen-bond donors (Lipinski definition) is 1. The third-order valence-corrected chi connectivity index (χ3v) is 2.50. The van der Waals surface area contributed by atoms with Gasteiger partial charge in [0, 0.05) is 11.4 Å². The van der Waals surface area contributed by atoms with Crippen LogP contribution in [-0.2, 0) is 0 Å². The highest BCUT2D eigenvalue weighted by atomic mass is 35.5. The molecule has 0 aromatic heterocycles. The van der Waals surface area contributed by atoms with E-state index < -0.39 is 0 Å². The summed E-state index contributed by atoms with van der Waals surface area (Å²) in [6, 6.07) is 11.6. The van der Waals surface area contributed by atoms with Crippen molar-refractivity contribution in [2.24, 2.45) is 0 Å². The molecule has 2 heteroatoms. The number of phenolic OH excluding ortho intramolecular Hbond substituents is 1. The van der Waals surface area contributed by atoms with Gasteiger partial charge in [0.1, 0.15) is 5.75 Å². The highest BCUT2D eigenvalue weighted by Gasteiger charge is 2.02. The molecular formula is C13H11ClO. The molecule has 76 valence electrons. The van der Waals surface area contributed by atoms with E-state index in [1.807, 2.05) is 42.5 Å². The Morgan fingerprint density at radius 1 is 1.13 bits per heavy atom. The van der Waals surface area contributed by atoms with Crippen LogP contribution in [0.15, 0.2) is 42.5 Å². The van der Waals surface area contributed by atoms with Crippen LogP contribution in [0.3, 0.4) is 0 Å². The van der Waals surface area contributed by atoms with Crippen LogP contribution in [0, 0.1) is 0 Å². The van der Waals surface area contributed by atoms with E-state index >= 15 is 0 Å². The molecule has 0 bridgehead atoms. The van der Waals surface area contributed by atoms with Crippen LogP contribution in [0.4, 0.5) is 0 Å². The van der Waals surface area contributed by atoms with Crippen LogP contribution < -0.4 is 0 Å². The van der Waals surface area contributed by atoms with E-state index in [1.165, 1.54) is 0 Å². The highest BCUT2D eigenvalue weighted by Crippen LogP contribution is 2.28. The quantitative estimate of drug-likeness (QED) is 0.761. The van der Waals surface area contributed by atoms with Crippen molar-refractivity contribution in [3.05, 3.63) is 48.0 Å². The Bertz CT molecular complexity index is 503. The molecule has 2 aromatic rings. The van der Waals surface area contributed by atoms with Crippen molar-refractivity contribution in [2.45, 2.75) is 0 Å². The Morgan fingerprint density at radius 3 is 2.73 bits per heavy atom. The average Bonchev–Trinajstić information content (AvgIpc) is 2.28. The van der Waals surface area contributed by atoms with Crippen molar-refractivity contribution >= 4 is 28.4 Å². The average molecular weight is 219 g/mol. The maximum atomic E-state index is 9.74. The lowest BCUT2D eigenvalue weighted by Gasteiger charge is -2.04. The van der Waals surface area contributed by atoms with E-state index in [-0.39, 0.29) is 5.75 Å². The molecule has 0 aliphatic carbocycles. The van der Waals surface area contributed by atoms with E-state index in [9.17, 15) is 5.11 Å². The number of phenols is 1. The van der Waals surface area contributed by atoms with Crippen molar-refractivity contribution in [3.8, 4) is 5.75 Å². The molecule has 0 aliphatic rings. The Kier molecular flexibility index (Phi) is 2.93. The van der Waals surface area contributed by atoms with E-state index in [0.717, 1.165) is 16.3 Å². The smallest absolute Gasteiger partial charge is 0.123 e.